The number of hydrogen-bond donors (Lipinski definition) is 0. The van der Waals surface area contributed by atoms with Gasteiger partial charge in [0.15, 0.2) is 12.2 Å². The minimum absolute atomic E-state index is 0.206. The van der Waals surface area contributed by atoms with Gasteiger partial charge in [-0.2, -0.15) is 0 Å². The highest BCUT2D eigenvalue weighted by Crippen LogP contribution is 2.43. The Morgan fingerprint density at radius 1 is 1.09 bits per heavy atom. The van der Waals surface area contributed by atoms with Crippen LogP contribution in [0.15, 0.2) is 34.6 Å². The molecule has 2 atom stereocenters. The van der Waals surface area contributed by atoms with Gasteiger partial charge in [-0.25, -0.2) is 9.79 Å². The maximum absolute atomic E-state index is 13.4. The Balaban J connectivity index is 1.74. The van der Waals surface area contributed by atoms with Crippen LogP contribution in [0.25, 0.3) is 0 Å². The number of urea groups is 1. The van der Waals surface area contributed by atoms with Crippen molar-refractivity contribution in [3.63, 3.8) is 0 Å². The van der Waals surface area contributed by atoms with E-state index >= 15 is 0 Å². The molecule has 3 aliphatic rings. The third kappa shape index (κ3) is 3.17. The maximum Gasteiger partial charge on any atom is 0.328 e. The van der Waals surface area contributed by atoms with Crippen LogP contribution < -0.4 is 14.4 Å². The zero-order valence-corrected chi connectivity index (χ0v) is 19.3. The van der Waals surface area contributed by atoms with E-state index in [1.807, 2.05) is 48.8 Å². The lowest BCUT2D eigenvalue weighted by Gasteiger charge is -2.40. The van der Waals surface area contributed by atoms with Gasteiger partial charge in [0.05, 0.1) is 33.1 Å². The van der Waals surface area contributed by atoms with Gasteiger partial charge in [0, 0.05) is 31.1 Å². The first kappa shape index (κ1) is 21.9. The molecule has 4 rings (SSSR count). The van der Waals surface area contributed by atoms with E-state index in [4.69, 9.17) is 19.2 Å². The lowest BCUT2D eigenvalue weighted by Crippen LogP contribution is -2.65. The molecule has 10 nitrogen and oxygen atoms in total. The molecule has 3 aliphatic heterocycles. The van der Waals surface area contributed by atoms with Crippen LogP contribution in [0, 0.1) is 0 Å². The smallest absolute Gasteiger partial charge is 0.328 e. The summed E-state index contributed by atoms with van der Waals surface area (Å²) in [5.74, 6) is 1.63. The Bertz CT molecular complexity index is 1010. The summed E-state index contributed by atoms with van der Waals surface area (Å²) < 4.78 is 16.4. The zero-order valence-electron chi connectivity index (χ0n) is 19.3. The number of amides is 3. The standard InChI is InChI=1S/C22H29N5O5/c1-7-32-11-10-25-20(28)18-19(24(4)22(25)29)23-21-26(13(2)14(3)27(18)21)16-12-15(30-5)8-9-17(16)31-6/h8-9,12,18-19H,7,10-11H2,1-6H3. The first-order valence-electron chi connectivity index (χ1n) is 10.6. The highest BCUT2D eigenvalue weighted by Gasteiger charge is 2.56. The molecule has 0 aromatic heterocycles. The van der Waals surface area contributed by atoms with Crippen molar-refractivity contribution in [3.8, 4) is 11.5 Å². The summed E-state index contributed by atoms with van der Waals surface area (Å²) in [6.45, 7) is 6.83. The first-order chi connectivity index (χ1) is 15.3. The van der Waals surface area contributed by atoms with Crippen LogP contribution in [0.4, 0.5) is 10.5 Å². The minimum Gasteiger partial charge on any atom is -0.497 e. The fourth-order valence-electron chi connectivity index (χ4n) is 4.38. The molecule has 3 amide bonds. The van der Waals surface area contributed by atoms with Gasteiger partial charge in [-0.1, -0.05) is 0 Å². The number of ether oxygens (including phenoxy) is 3. The average molecular weight is 444 g/mol. The predicted molar refractivity (Wildman–Crippen MR) is 119 cm³/mol. The van der Waals surface area contributed by atoms with Crippen molar-refractivity contribution in [2.45, 2.75) is 33.0 Å². The van der Waals surface area contributed by atoms with Crippen LogP contribution in [0.2, 0.25) is 0 Å². The molecule has 1 saturated heterocycles. The van der Waals surface area contributed by atoms with Crippen molar-refractivity contribution in [1.29, 1.82) is 0 Å². The summed E-state index contributed by atoms with van der Waals surface area (Å²) in [5.41, 5.74) is 2.56. The Labute approximate surface area is 187 Å². The van der Waals surface area contributed by atoms with Crippen LogP contribution >= 0.6 is 0 Å². The van der Waals surface area contributed by atoms with Gasteiger partial charge in [-0.15, -0.1) is 0 Å². The number of carbonyl (C=O) groups excluding carboxylic acids is 2. The van der Waals surface area contributed by atoms with Gasteiger partial charge in [-0.3, -0.25) is 19.5 Å². The number of rotatable bonds is 7. The van der Waals surface area contributed by atoms with Gasteiger partial charge in [0.2, 0.25) is 5.96 Å². The number of aliphatic imine (C=N–C) groups is 1. The number of benzene rings is 1. The van der Waals surface area contributed by atoms with Crippen LogP contribution in [0.3, 0.4) is 0 Å². The summed E-state index contributed by atoms with van der Waals surface area (Å²) in [6, 6.07) is 4.52. The van der Waals surface area contributed by atoms with Gasteiger partial charge in [0.1, 0.15) is 11.5 Å². The Hall–Kier alpha value is -3.27. The number of carbonyl (C=O) groups is 2. The van der Waals surface area contributed by atoms with Crippen molar-refractivity contribution < 1.29 is 23.8 Å². The number of likely N-dealkylation sites (N-methyl/N-ethyl adjacent to an activating group) is 1. The summed E-state index contributed by atoms with van der Waals surface area (Å²) in [5, 5.41) is 0. The fourth-order valence-corrected chi connectivity index (χ4v) is 4.38. The molecule has 1 aromatic carbocycles. The number of fused-ring (bicyclic) bond motifs is 3. The Kier molecular flexibility index (Phi) is 5.72. The highest BCUT2D eigenvalue weighted by molar-refractivity contribution is 6.11. The van der Waals surface area contributed by atoms with Crippen molar-refractivity contribution in [2.75, 3.05) is 45.9 Å². The van der Waals surface area contributed by atoms with Crippen LogP contribution in [0.1, 0.15) is 20.8 Å². The molecule has 32 heavy (non-hydrogen) atoms. The van der Waals surface area contributed by atoms with Gasteiger partial charge in [-0.05, 0) is 32.9 Å². The maximum atomic E-state index is 13.4. The van der Waals surface area contributed by atoms with Crippen molar-refractivity contribution in [3.05, 3.63) is 29.6 Å². The zero-order chi connectivity index (χ0) is 23.2. The molecule has 10 heteroatoms. The average Bonchev–Trinajstić information content (AvgIpc) is 3.29. The van der Waals surface area contributed by atoms with Crippen LogP contribution in [-0.2, 0) is 9.53 Å². The van der Waals surface area contributed by atoms with Crippen molar-refractivity contribution >= 4 is 23.6 Å². The largest absolute Gasteiger partial charge is 0.497 e. The highest BCUT2D eigenvalue weighted by atomic mass is 16.5. The molecule has 172 valence electrons. The minimum atomic E-state index is -0.633. The normalized spacial score (nSPS) is 22.5. The monoisotopic (exact) mass is 443 g/mol. The number of guanidine groups is 1. The van der Waals surface area contributed by atoms with Gasteiger partial charge < -0.3 is 19.1 Å². The molecular formula is C22H29N5O5. The third-order valence-corrected chi connectivity index (χ3v) is 6.18. The lowest BCUT2D eigenvalue weighted by atomic mass is 10.1. The molecular weight excluding hydrogens is 414 g/mol. The summed E-state index contributed by atoms with van der Waals surface area (Å²) >= 11 is 0. The number of hydrogen-bond acceptors (Lipinski definition) is 8. The fraction of sp³-hybridized carbons (Fsp3) is 0.500. The van der Waals surface area contributed by atoms with E-state index in [9.17, 15) is 9.59 Å². The molecule has 2 unspecified atom stereocenters. The molecule has 3 heterocycles. The van der Waals surface area contributed by atoms with E-state index in [1.165, 1.54) is 9.80 Å². The quantitative estimate of drug-likeness (QED) is 0.596. The number of imide groups is 1. The van der Waals surface area contributed by atoms with Crippen molar-refractivity contribution in [2.24, 2.45) is 4.99 Å². The number of anilines is 1. The van der Waals surface area contributed by atoms with E-state index in [0.717, 1.165) is 17.1 Å². The summed E-state index contributed by atoms with van der Waals surface area (Å²) in [7, 11) is 4.88. The molecule has 0 saturated carbocycles. The van der Waals surface area contributed by atoms with E-state index in [0.29, 0.717) is 30.7 Å². The molecule has 1 fully saturated rings. The van der Waals surface area contributed by atoms with E-state index in [-0.39, 0.29) is 18.5 Å². The van der Waals surface area contributed by atoms with Crippen LogP contribution in [0.5, 0.6) is 11.5 Å². The molecule has 0 aliphatic carbocycles. The SMILES string of the molecule is CCOCCN1C(=O)C2C(N=C3N(c4cc(OC)ccc4OC)C(C)=C(C)N32)N(C)C1=O. The number of methoxy groups -OCH3 is 2. The van der Waals surface area contributed by atoms with Gasteiger partial charge >= 0.3 is 6.03 Å². The Morgan fingerprint density at radius 2 is 1.84 bits per heavy atom. The molecule has 0 bridgehead atoms. The van der Waals surface area contributed by atoms with Crippen molar-refractivity contribution in [1.82, 2.24) is 14.7 Å². The second-order valence-electron chi connectivity index (χ2n) is 7.78. The molecule has 0 radical (unpaired) electrons. The number of nitrogens with zero attached hydrogens (tertiary/aromatic N) is 5. The topological polar surface area (TPSA) is 87.2 Å². The third-order valence-electron chi connectivity index (χ3n) is 6.18. The van der Waals surface area contributed by atoms with Crippen LogP contribution in [-0.4, -0.2) is 85.8 Å². The second kappa shape index (κ2) is 8.34. The number of allylic oxidation sites excluding steroid dienone is 2. The van der Waals surface area contributed by atoms with E-state index < -0.39 is 12.2 Å². The van der Waals surface area contributed by atoms with E-state index in [1.54, 1.807) is 21.3 Å². The molecule has 0 spiro atoms. The lowest BCUT2D eigenvalue weighted by molar-refractivity contribution is -0.137. The predicted octanol–water partition coefficient (Wildman–Crippen LogP) is 2.07. The van der Waals surface area contributed by atoms with E-state index in [2.05, 4.69) is 0 Å². The molecule has 0 N–H and O–H groups in total. The second-order valence-corrected chi connectivity index (χ2v) is 7.78. The Morgan fingerprint density at radius 3 is 2.50 bits per heavy atom. The summed E-state index contributed by atoms with van der Waals surface area (Å²) in [6.07, 6.45) is -0.615. The first-order valence-corrected chi connectivity index (χ1v) is 10.6. The molecule has 1 aromatic rings. The summed E-state index contributed by atoms with van der Waals surface area (Å²) in [4.78, 5) is 37.8. The van der Waals surface area contributed by atoms with Gasteiger partial charge in [0.25, 0.3) is 5.91 Å².